The van der Waals surface area contributed by atoms with Crippen LogP contribution in [0.3, 0.4) is 0 Å². The number of hydrogen-bond donors (Lipinski definition) is 2. The lowest BCUT2D eigenvalue weighted by Crippen LogP contribution is -2.33. The zero-order valence-corrected chi connectivity index (χ0v) is 12.7. The van der Waals surface area contributed by atoms with E-state index in [1.54, 1.807) is 19.2 Å². The number of nitrogens with one attached hydrogen (secondary N) is 2. The summed E-state index contributed by atoms with van der Waals surface area (Å²) in [5, 5.41) is 3.06. The molecule has 0 fully saturated rings. The van der Waals surface area contributed by atoms with Crippen molar-refractivity contribution in [1.82, 2.24) is 10.0 Å². The number of hydrogen-bond acceptors (Lipinski definition) is 6. The van der Waals surface area contributed by atoms with E-state index in [1.807, 2.05) is 0 Å². The largest absolute Gasteiger partial charge is 0.486 e. The second-order valence-corrected chi connectivity index (χ2v) is 6.16. The third-order valence-corrected chi connectivity index (χ3v) is 4.38. The molecule has 2 N–H and O–H groups in total. The van der Waals surface area contributed by atoms with Gasteiger partial charge in [-0.05, 0) is 12.1 Å². The maximum Gasteiger partial charge on any atom is 0.244 e. The van der Waals surface area contributed by atoms with E-state index in [1.165, 1.54) is 6.07 Å². The van der Waals surface area contributed by atoms with Gasteiger partial charge < -0.3 is 19.5 Å². The zero-order valence-electron chi connectivity index (χ0n) is 11.9. The number of rotatable bonds is 8. The molecule has 0 bridgehead atoms. The highest BCUT2D eigenvalue weighted by Crippen LogP contribution is 2.36. The van der Waals surface area contributed by atoms with Crippen LogP contribution in [0.1, 0.15) is 0 Å². The van der Waals surface area contributed by atoms with Crippen LogP contribution in [-0.4, -0.2) is 55.0 Å². The van der Waals surface area contributed by atoms with E-state index < -0.39 is 10.0 Å². The summed E-state index contributed by atoms with van der Waals surface area (Å²) in [6, 6.07) is 4.84. The Hall–Kier alpha value is -1.35. The monoisotopic (exact) mass is 316 g/mol. The molecular weight excluding hydrogens is 296 g/mol. The molecule has 1 aromatic rings. The third-order valence-electron chi connectivity index (χ3n) is 2.90. The van der Waals surface area contributed by atoms with Crippen molar-refractivity contribution in [3.05, 3.63) is 18.2 Å². The summed E-state index contributed by atoms with van der Waals surface area (Å²) < 4.78 is 42.8. The van der Waals surface area contributed by atoms with E-state index >= 15 is 0 Å². The number of sulfonamides is 1. The standard InChI is InChI=1S/C13H20N2O5S/c1-18-8-7-14-5-6-15-21(16,17)12-4-2-3-11-13(12)20-10-9-19-11/h2-4,14-15H,5-10H2,1H3. The molecule has 0 saturated carbocycles. The maximum absolute atomic E-state index is 12.3. The molecule has 0 radical (unpaired) electrons. The second kappa shape index (κ2) is 7.60. The van der Waals surface area contributed by atoms with Gasteiger partial charge in [0.05, 0.1) is 6.61 Å². The highest BCUT2D eigenvalue weighted by Gasteiger charge is 2.24. The average Bonchev–Trinajstić information content (AvgIpc) is 2.50. The minimum atomic E-state index is -3.62. The smallest absolute Gasteiger partial charge is 0.244 e. The number of methoxy groups -OCH3 is 1. The molecule has 21 heavy (non-hydrogen) atoms. The summed E-state index contributed by atoms with van der Waals surface area (Å²) in [5.41, 5.74) is 0. The van der Waals surface area contributed by atoms with Crippen LogP contribution >= 0.6 is 0 Å². The fourth-order valence-electron chi connectivity index (χ4n) is 1.91. The molecule has 2 rings (SSSR count). The van der Waals surface area contributed by atoms with Crippen molar-refractivity contribution in [2.24, 2.45) is 0 Å². The Morgan fingerprint density at radius 3 is 2.81 bits per heavy atom. The normalized spacial score (nSPS) is 14.1. The number of ether oxygens (including phenoxy) is 3. The number of para-hydroxylation sites is 1. The molecule has 1 heterocycles. The number of benzene rings is 1. The van der Waals surface area contributed by atoms with Crippen molar-refractivity contribution < 1.29 is 22.6 Å². The molecule has 0 spiro atoms. The summed E-state index contributed by atoms with van der Waals surface area (Å²) >= 11 is 0. The first-order chi connectivity index (χ1) is 10.1. The van der Waals surface area contributed by atoms with Gasteiger partial charge in [0.15, 0.2) is 11.5 Å². The lowest BCUT2D eigenvalue weighted by molar-refractivity contribution is 0.167. The first-order valence-corrected chi connectivity index (χ1v) is 8.21. The highest BCUT2D eigenvalue weighted by molar-refractivity contribution is 7.89. The van der Waals surface area contributed by atoms with Crippen molar-refractivity contribution in [1.29, 1.82) is 0 Å². The van der Waals surface area contributed by atoms with Crippen LogP contribution in [0.25, 0.3) is 0 Å². The van der Waals surface area contributed by atoms with E-state index in [0.29, 0.717) is 38.7 Å². The molecule has 1 aliphatic rings. The van der Waals surface area contributed by atoms with Gasteiger partial charge in [0.1, 0.15) is 18.1 Å². The zero-order chi connectivity index (χ0) is 15.1. The Balaban J connectivity index is 1.96. The minimum absolute atomic E-state index is 0.108. The van der Waals surface area contributed by atoms with Crippen molar-refractivity contribution in [2.75, 3.05) is 46.6 Å². The molecule has 0 atom stereocenters. The molecule has 0 saturated heterocycles. The second-order valence-electron chi connectivity index (χ2n) is 4.42. The van der Waals surface area contributed by atoms with Crippen LogP contribution < -0.4 is 19.5 Å². The van der Waals surface area contributed by atoms with Gasteiger partial charge in [0.25, 0.3) is 0 Å². The van der Waals surface area contributed by atoms with Gasteiger partial charge in [-0.3, -0.25) is 0 Å². The first kappa shape index (κ1) is 16.0. The molecule has 0 aromatic heterocycles. The van der Waals surface area contributed by atoms with Gasteiger partial charge in [-0.25, -0.2) is 13.1 Å². The lowest BCUT2D eigenvalue weighted by Gasteiger charge is -2.20. The van der Waals surface area contributed by atoms with Crippen LogP contribution in [-0.2, 0) is 14.8 Å². The van der Waals surface area contributed by atoms with Gasteiger partial charge in [-0.2, -0.15) is 0 Å². The van der Waals surface area contributed by atoms with Crippen molar-refractivity contribution in [3.63, 3.8) is 0 Å². The van der Waals surface area contributed by atoms with Gasteiger partial charge in [0, 0.05) is 26.7 Å². The molecule has 118 valence electrons. The Kier molecular flexibility index (Phi) is 5.80. The average molecular weight is 316 g/mol. The van der Waals surface area contributed by atoms with Crippen LogP contribution in [0.2, 0.25) is 0 Å². The third kappa shape index (κ3) is 4.31. The van der Waals surface area contributed by atoms with E-state index in [-0.39, 0.29) is 17.2 Å². The first-order valence-electron chi connectivity index (χ1n) is 6.73. The molecule has 0 amide bonds. The molecule has 0 aliphatic carbocycles. The topological polar surface area (TPSA) is 85.9 Å². The lowest BCUT2D eigenvalue weighted by atomic mass is 10.3. The van der Waals surface area contributed by atoms with Crippen molar-refractivity contribution in [2.45, 2.75) is 4.90 Å². The predicted molar refractivity (Wildman–Crippen MR) is 77.4 cm³/mol. The molecule has 7 nitrogen and oxygen atoms in total. The van der Waals surface area contributed by atoms with E-state index in [9.17, 15) is 8.42 Å². The predicted octanol–water partition coefficient (Wildman–Crippen LogP) is -0.0279. The van der Waals surface area contributed by atoms with E-state index in [2.05, 4.69) is 10.0 Å². The molecule has 8 heteroatoms. The fourth-order valence-corrected chi connectivity index (χ4v) is 3.10. The summed E-state index contributed by atoms with van der Waals surface area (Å²) in [4.78, 5) is 0.108. The SMILES string of the molecule is COCCNCCNS(=O)(=O)c1cccc2c1OCCO2. The minimum Gasteiger partial charge on any atom is -0.486 e. The van der Waals surface area contributed by atoms with Crippen molar-refractivity contribution >= 4 is 10.0 Å². The van der Waals surface area contributed by atoms with Gasteiger partial charge in [-0.15, -0.1) is 0 Å². The Morgan fingerprint density at radius 2 is 2.00 bits per heavy atom. The fraction of sp³-hybridized carbons (Fsp3) is 0.538. The Labute approximate surface area is 124 Å². The van der Waals surface area contributed by atoms with E-state index in [4.69, 9.17) is 14.2 Å². The summed E-state index contributed by atoms with van der Waals surface area (Å²) in [6.07, 6.45) is 0. The maximum atomic E-state index is 12.3. The van der Waals surface area contributed by atoms with Crippen LogP contribution in [0.5, 0.6) is 11.5 Å². The summed E-state index contributed by atoms with van der Waals surface area (Å²) in [7, 11) is -2.00. The quantitative estimate of drug-likeness (QED) is 0.655. The summed E-state index contributed by atoms with van der Waals surface area (Å²) in [5.74, 6) is 0.742. The van der Waals surface area contributed by atoms with Crippen LogP contribution in [0.4, 0.5) is 0 Å². The van der Waals surface area contributed by atoms with E-state index in [0.717, 1.165) is 0 Å². The van der Waals surface area contributed by atoms with Gasteiger partial charge in [0.2, 0.25) is 10.0 Å². The molecule has 1 aliphatic heterocycles. The van der Waals surface area contributed by atoms with Crippen LogP contribution in [0.15, 0.2) is 23.1 Å². The molecule has 0 unspecified atom stereocenters. The highest BCUT2D eigenvalue weighted by atomic mass is 32.2. The van der Waals surface area contributed by atoms with Gasteiger partial charge >= 0.3 is 0 Å². The van der Waals surface area contributed by atoms with Crippen LogP contribution in [0, 0.1) is 0 Å². The van der Waals surface area contributed by atoms with Crippen molar-refractivity contribution in [3.8, 4) is 11.5 Å². The molecular formula is C13H20N2O5S. The van der Waals surface area contributed by atoms with Gasteiger partial charge in [-0.1, -0.05) is 6.07 Å². The summed E-state index contributed by atoms with van der Waals surface area (Å²) in [6.45, 7) is 2.84. The molecule has 1 aromatic carbocycles. The Bertz CT molecular complexity index is 562. The number of fused-ring (bicyclic) bond motifs is 1. The Morgan fingerprint density at radius 1 is 1.19 bits per heavy atom.